The zero-order chi connectivity index (χ0) is 23.9. The minimum Gasteiger partial charge on any atom is -0.317 e. The molecule has 3 heterocycles. The first-order valence-corrected chi connectivity index (χ1v) is 12.4. The number of hydrogen-bond acceptors (Lipinski definition) is 5. The maximum Gasteiger partial charge on any atom is 0.274 e. The van der Waals surface area contributed by atoms with Crippen LogP contribution >= 0.6 is 0 Å². The van der Waals surface area contributed by atoms with Gasteiger partial charge in [-0.05, 0) is 60.9 Å². The Morgan fingerprint density at radius 1 is 0.971 bits per heavy atom. The topological polar surface area (TPSA) is 112 Å². The normalized spacial score (nSPS) is 19.6. The number of aromatic nitrogens is 1. The summed E-state index contributed by atoms with van der Waals surface area (Å²) in [5.41, 5.74) is 1.45. The molecule has 34 heavy (non-hydrogen) atoms. The van der Waals surface area contributed by atoms with E-state index in [0.717, 1.165) is 12.1 Å². The Labute approximate surface area is 197 Å². The molecule has 1 saturated heterocycles. The first-order chi connectivity index (χ1) is 16.4. The second-order valence-corrected chi connectivity index (χ2v) is 10.6. The van der Waals surface area contributed by atoms with Crippen LogP contribution in [0.3, 0.4) is 0 Å². The van der Waals surface area contributed by atoms with E-state index in [1.54, 1.807) is 59.2 Å². The number of nitrogens with zero attached hydrogens (tertiary/aromatic N) is 3. The lowest BCUT2D eigenvalue weighted by molar-refractivity contribution is 0.102. The van der Waals surface area contributed by atoms with Gasteiger partial charge < -0.3 is 9.88 Å². The molecule has 2 atom stereocenters. The maximum absolute atomic E-state index is 13.2. The number of nitrogens with one attached hydrogen (secondary N) is 1. The number of sulfonamides is 1. The Balaban J connectivity index is 1.39. The molecular weight excluding hydrogens is 452 g/mol. The standard InChI is InChI=1S/C25H22N4O4S/c26-13-17-6-8-19(9-7-17)24(30)27-22-10-11-23-20-12-18(15-29(23)25(22)31)14-28(16-20)34(32,33)21-4-2-1-3-5-21/h1-11,18,20H,12,14-16H2,(H,27,30)/t18-,20+/m0/s1. The van der Waals surface area contributed by atoms with Crippen LogP contribution < -0.4 is 10.9 Å². The number of carbonyl (C=O) groups is 1. The Morgan fingerprint density at radius 3 is 2.41 bits per heavy atom. The van der Waals surface area contributed by atoms with Crippen molar-refractivity contribution < 1.29 is 13.2 Å². The van der Waals surface area contributed by atoms with E-state index in [2.05, 4.69) is 5.32 Å². The van der Waals surface area contributed by atoms with Crippen molar-refractivity contribution in [2.24, 2.45) is 5.92 Å². The van der Waals surface area contributed by atoms with E-state index < -0.39 is 15.9 Å². The third-order valence-corrected chi connectivity index (χ3v) is 8.32. The Hall–Kier alpha value is -3.74. The molecule has 0 radical (unpaired) electrons. The van der Waals surface area contributed by atoms with Gasteiger partial charge in [-0.15, -0.1) is 0 Å². The SMILES string of the molecule is N#Cc1ccc(C(=O)Nc2ccc3n(c2=O)C[C@H]2C[C@@H]3CN(S(=O)(=O)c3ccccc3)C2)cc1. The number of carbonyl (C=O) groups excluding carboxylic acids is 1. The lowest BCUT2D eigenvalue weighted by Gasteiger charge is -2.42. The molecule has 5 rings (SSSR count). The van der Waals surface area contributed by atoms with Gasteiger partial charge in [-0.25, -0.2) is 8.42 Å². The fourth-order valence-electron chi connectivity index (χ4n) is 4.83. The van der Waals surface area contributed by atoms with Gasteiger partial charge in [0.1, 0.15) is 5.69 Å². The van der Waals surface area contributed by atoms with E-state index >= 15 is 0 Å². The van der Waals surface area contributed by atoms with Crippen molar-refractivity contribution in [3.63, 3.8) is 0 Å². The Kier molecular flexibility index (Phi) is 5.55. The second-order valence-electron chi connectivity index (χ2n) is 8.66. The van der Waals surface area contributed by atoms with Crippen LogP contribution in [0.1, 0.15) is 34.0 Å². The van der Waals surface area contributed by atoms with E-state index in [1.165, 1.54) is 16.4 Å². The summed E-state index contributed by atoms with van der Waals surface area (Å²) >= 11 is 0. The molecule has 0 unspecified atom stereocenters. The van der Waals surface area contributed by atoms with Crippen molar-refractivity contribution in [1.82, 2.24) is 8.87 Å². The summed E-state index contributed by atoms with van der Waals surface area (Å²) in [7, 11) is -3.61. The molecule has 0 saturated carbocycles. The number of hydrogen-bond donors (Lipinski definition) is 1. The molecule has 1 N–H and O–H groups in total. The molecule has 3 aromatic rings. The Bertz CT molecular complexity index is 1460. The van der Waals surface area contributed by atoms with Gasteiger partial charge in [0.2, 0.25) is 10.0 Å². The first-order valence-electron chi connectivity index (χ1n) is 11.0. The molecule has 9 heteroatoms. The van der Waals surface area contributed by atoms with Gasteiger partial charge in [0, 0.05) is 36.8 Å². The van der Waals surface area contributed by atoms with Gasteiger partial charge >= 0.3 is 0 Å². The molecule has 2 bridgehead atoms. The predicted octanol–water partition coefficient (Wildman–Crippen LogP) is 2.78. The first kappa shape index (κ1) is 22.1. The molecule has 2 aliphatic rings. The zero-order valence-electron chi connectivity index (χ0n) is 18.2. The highest BCUT2D eigenvalue weighted by atomic mass is 32.2. The monoisotopic (exact) mass is 474 g/mol. The fourth-order valence-corrected chi connectivity index (χ4v) is 6.41. The van der Waals surface area contributed by atoms with E-state index in [0.29, 0.717) is 30.8 Å². The molecule has 8 nitrogen and oxygen atoms in total. The third-order valence-electron chi connectivity index (χ3n) is 6.48. The van der Waals surface area contributed by atoms with Crippen molar-refractivity contribution in [3.8, 4) is 6.07 Å². The lowest BCUT2D eigenvalue weighted by Crippen LogP contribution is -2.49. The van der Waals surface area contributed by atoms with Gasteiger partial charge in [-0.2, -0.15) is 9.57 Å². The fraction of sp³-hybridized carbons (Fsp3) is 0.240. The predicted molar refractivity (Wildman–Crippen MR) is 126 cm³/mol. The summed E-state index contributed by atoms with van der Waals surface area (Å²) in [6, 6.07) is 20.0. The minimum atomic E-state index is -3.61. The number of fused-ring (bicyclic) bond motifs is 4. The van der Waals surface area contributed by atoms with Crippen LogP contribution in [0.4, 0.5) is 5.69 Å². The van der Waals surface area contributed by atoms with Crippen LogP contribution in [0.25, 0.3) is 0 Å². The highest BCUT2D eigenvalue weighted by Crippen LogP contribution is 2.37. The van der Waals surface area contributed by atoms with Crippen LogP contribution in [0, 0.1) is 17.2 Å². The quantitative estimate of drug-likeness (QED) is 0.625. The number of anilines is 1. The lowest BCUT2D eigenvalue weighted by atomic mass is 9.84. The van der Waals surface area contributed by atoms with E-state index in [-0.39, 0.29) is 28.0 Å². The van der Waals surface area contributed by atoms with Gasteiger partial charge in [0.25, 0.3) is 11.5 Å². The van der Waals surface area contributed by atoms with Crippen LogP contribution in [0.2, 0.25) is 0 Å². The molecular formula is C25H22N4O4S. The van der Waals surface area contributed by atoms with Gasteiger partial charge in [0.15, 0.2) is 0 Å². The molecule has 2 aromatic carbocycles. The van der Waals surface area contributed by atoms with Crippen LogP contribution in [0.15, 0.2) is 76.4 Å². The number of piperidine rings is 1. The number of rotatable bonds is 4. The highest BCUT2D eigenvalue weighted by Gasteiger charge is 2.39. The van der Waals surface area contributed by atoms with E-state index in [9.17, 15) is 18.0 Å². The number of benzene rings is 2. The van der Waals surface area contributed by atoms with Crippen LogP contribution in [-0.2, 0) is 16.6 Å². The van der Waals surface area contributed by atoms with Crippen molar-refractivity contribution in [2.45, 2.75) is 23.8 Å². The maximum atomic E-state index is 13.2. The van der Waals surface area contributed by atoms with Crippen LogP contribution in [-0.4, -0.2) is 36.3 Å². The minimum absolute atomic E-state index is 0.00640. The highest BCUT2D eigenvalue weighted by molar-refractivity contribution is 7.89. The molecule has 172 valence electrons. The van der Waals surface area contributed by atoms with Gasteiger partial charge in [-0.3, -0.25) is 9.59 Å². The average Bonchev–Trinajstić information content (AvgIpc) is 2.86. The second kappa shape index (κ2) is 8.56. The molecule has 0 spiro atoms. The summed E-state index contributed by atoms with van der Waals surface area (Å²) in [6.45, 7) is 1.05. The van der Waals surface area contributed by atoms with Gasteiger partial charge in [-0.1, -0.05) is 18.2 Å². The van der Waals surface area contributed by atoms with Crippen molar-refractivity contribution >= 4 is 21.6 Å². The van der Waals surface area contributed by atoms with E-state index in [1.807, 2.05) is 6.07 Å². The number of nitriles is 1. The number of amides is 1. The molecule has 1 fully saturated rings. The molecule has 1 aromatic heterocycles. The van der Waals surface area contributed by atoms with E-state index in [4.69, 9.17) is 5.26 Å². The number of pyridine rings is 1. The average molecular weight is 475 g/mol. The van der Waals surface area contributed by atoms with Gasteiger partial charge in [0.05, 0.1) is 16.5 Å². The summed E-state index contributed by atoms with van der Waals surface area (Å²) in [5, 5.41) is 11.6. The summed E-state index contributed by atoms with van der Waals surface area (Å²) in [5.74, 6) is -0.521. The summed E-state index contributed by atoms with van der Waals surface area (Å²) in [4.78, 5) is 26.1. The summed E-state index contributed by atoms with van der Waals surface area (Å²) in [6.07, 6.45) is 0.817. The smallest absolute Gasteiger partial charge is 0.274 e. The largest absolute Gasteiger partial charge is 0.317 e. The molecule has 2 aliphatic heterocycles. The van der Waals surface area contributed by atoms with Crippen molar-refractivity contribution in [3.05, 3.63) is 93.9 Å². The Morgan fingerprint density at radius 2 is 1.71 bits per heavy atom. The molecule has 1 amide bonds. The van der Waals surface area contributed by atoms with Crippen LogP contribution in [0.5, 0.6) is 0 Å². The third kappa shape index (κ3) is 3.91. The summed E-state index contributed by atoms with van der Waals surface area (Å²) < 4.78 is 29.5. The van der Waals surface area contributed by atoms with Crippen molar-refractivity contribution in [2.75, 3.05) is 18.4 Å². The van der Waals surface area contributed by atoms with Crippen molar-refractivity contribution in [1.29, 1.82) is 5.26 Å². The molecule has 0 aliphatic carbocycles. The zero-order valence-corrected chi connectivity index (χ0v) is 19.0.